The van der Waals surface area contributed by atoms with E-state index in [9.17, 15) is 4.79 Å². The topological polar surface area (TPSA) is 69.2 Å². The van der Waals surface area contributed by atoms with Crippen molar-refractivity contribution in [3.8, 4) is 0 Å². The Hall–Kier alpha value is -1.24. The molecule has 0 bridgehead atoms. The molecule has 0 unspecified atom stereocenters. The van der Waals surface area contributed by atoms with Crippen molar-refractivity contribution in [1.82, 2.24) is 14.9 Å². The third-order valence-electron chi connectivity index (χ3n) is 2.69. The number of nitrogens with zero attached hydrogens (tertiary/aromatic N) is 2. The quantitative estimate of drug-likeness (QED) is 0.825. The smallest absolute Gasteiger partial charge is 0.268 e. The van der Waals surface area contributed by atoms with Crippen LogP contribution in [0.4, 0.5) is 0 Å². The maximum atomic E-state index is 11.8. The molecule has 0 amide bonds. The van der Waals surface area contributed by atoms with Crippen LogP contribution < -0.4 is 5.56 Å². The van der Waals surface area contributed by atoms with Gasteiger partial charge in [0.2, 0.25) is 0 Å². The number of aliphatic hydroxyl groups excluding tert-OH is 1. The number of fused-ring (bicyclic) bond motifs is 1. The van der Waals surface area contributed by atoms with E-state index in [1.165, 1.54) is 11.3 Å². The van der Waals surface area contributed by atoms with Crippen LogP contribution in [0.5, 0.6) is 0 Å². The summed E-state index contributed by atoms with van der Waals surface area (Å²) in [5.74, 6) is 0.660. The first-order chi connectivity index (χ1) is 8.74. The summed E-state index contributed by atoms with van der Waals surface area (Å²) < 4.78 is 0.669. The molecule has 2 rings (SSSR count). The molecule has 0 aliphatic rings. The van der Waals surface area contributed by atoms with Crippen LogP contribution in [-0.2, 0) is 6.54 Å². The van der Waals surface area contributed by atoms with E-state index in [0.29, 0.717) is 23.6 Å². The summed E-state index contributed by atoms with van der Waals surface area (Å²) in [6, 6.07) is 1.86. The van der Waals surface area contributed by atoms with Gasteiger partial charge in [0, 0.05) is 6.54 Å². The Bertz CT molecular complexity index is 558. The van der Waals surface area contributed by atoms with E-state index in [2.05, 4.69) is 21.8 Å². The fourth-order valence-corrected chi connectivity index (χ4v) is 2.66. The average molecular weight is 267 g/mol. The molecule has 0 atom stereocenters. The molecular weight excluding hydrogens is 250 g/mol. The molecule has 6 heteroatoms. The van der Waals surface area contributed by atoms with Crippen molar-refractivity contribution in [2.24, 2.45) is 0 Å². The third kappa shape index (κ3) is 2.95. The number of aromatic nitrogens is 2. The lowest BCUT2D eigenvalue weighted by molar-refractivity contribution is 0.187. The maximum Gasteiger partial charge on any atom is 0.268 e. The summed E-state index contributed by atoms with van der Waals surface area (Å²) in [5.41, 5.74) is 0.671. The highest BCUT2D eigenvalue weighted by Gasteiger charge is 2.09. The van der Waals surface area contributed by atoms with Gasteiger partial charge in [-0.05, 0) is 24.4 Å². The number of aromatic amines is 1. The number of hydrogen-bond donors (Lipinski definition) is 2. The average Bonchev–Trinajstić information content (AvgIpc) is 2.78. The molecule has 2 aromatic rings. The normalized spacial score (nSPS) is 11.5. The van der Waals surface area contributed by atoms with Crippen LogP contribution in [0, 0.1) is 0 Å². The van der Waals surface area contributed by atoms with Crippen molar-refractivity contribution in [2.75, 3.05) is 19.7 Å². The minimum absolute atomic E-state index is 0.0783. The molecule has 98 valence electrons. The zero-order chi connectivity index (χ0) is 13.0. The molecule has 0 radical (unpaired) electrons. The lowest BCUT2D eigenvalue weighted by Crippen LogP contribution is -2.29. The van der Waals surface area contributed by atoms with Crippen molar-refractivity contribution >= 4 is 21.6 Å². The molecule has 0 fully saturated rings. The van der Waals surface area contributed by atoms with Crippen LogP contribution in [0.3, 0.4) is 0 Å². The number of hydrogen-bond acceptors (Lipinski definition) is 5. The van der Waals surface area contributed by atoms with E-state index in [1.807, 2.05) is 11.4 Å². The molecule has 2 aromatic heterocycles. The van der Waals surface area contributed by atoms with Crippen LogP contribution in [-0.4, -0.2) is 39.7 Å². The summed E-state index contributed by atoms with van der Waals surface area (Å²) in [4.78, 5) is 21.1. The monoisotopic (exact) mass is 267 g/mol. The molecule has 0 aliphatic carbocycles. The minimum Gasteiger partial charge on any atom is -0.395 e. The Kier molecular flexibility index (Phi) is 4.46. The molecular formula is C12H17N3O2S. The van der Waals surface area contributed by atoms with Gasteiger partial charge in [-0.15, -0.1) is 11.3 Å². The van der Waals surface area contributed by atoms with Crippen molar-refractivity contribution < 1.29 is 5.11 Å². The number of thiophene rings is 1. The number of aliphatic hydroxyl groups is 1. The van der Waals surface area contributed by atoms with Gasteiger partial charge in [-0.3, -0.25) is 9.69 Å². The van der Waals surface area contributed by atoms with Gasteiger partial charge in [-0.1, -0.05) is 6.92 Å². The van der Waals surface area contributed by atoms with E-state index in [-0.39, 0.29) is 12.2 Å². The van der Waals surface area contributed by atoms with Gasteiger partial charge in [-0.25, -0.2) is 4.98 Å². The largest absolute Gasteiger partial charge is 0.395 e. The van der Waals surface area contributed by atoms with Crippen molar-refractivity contribution in [1.29, 1.82) is 0 Å². The first-order valence-electron chi connectivity index (χ1n) is 6.04. The Morgan fingerprint density at radius 1 is 1.50 bits per heavy atom. The summed E-state index contributed by atoms with van der Waals surface area (Å²) >= 11 is 1.40. The Morgan fingerprint density at radius 3 is 3.06 bits per heavy atom. The van der Waals surface area contributed by atoms with Crippen LogP contribution in [0.2, 0.25) is 0 Å². The molecule has 18 heavy (non-hydrogen) atoms. The van der Waals surface area contributed by atoms with Crippen LogP contribution in [0.15, 0.2) is 16.2 Å². The highest BCUT2D eigenvalue weighted by molar-refractivity contribution is 7.17. The van der Waals surface area contributed by atoms with Crippen LogP contribution in [0.1, 0.15) is 19.2 Å². The Labute approximate surface area is 109 Å². The molecule has 0 aliphatic heterocycles. The second-order valence-electron chi connectivity index (χ2n) is 4.15. The lowest BCUT2D eigenvalue weighted by atomic mass is 10.3. The second-order valence-corrected chi connectivity index (χ2v) is 5.06. The van der Waals surface area contributed by atoms with Gasteiger partial charge in [0.25, 0.3) is 5.56 Å². The Balaban J connectivity index is 2.21. The highest BCUT2D eigenvalue weighted by Crippen LogP contribution is 2.14. The van der Waals surface area contributed by atoms with Crippen molar-refractivity contribution in [2.45, 2.75) is 19.9 Å². The zero-order valence-electron chi connectivity index (χ0n) is 10.3. The van der Waals surface area contributed by atoms with Gasteiger partial charge in [-0.2, -0.15) is 0 Å². The van der Waals surface area contributed by atoms with E-state index in [0.717, 1.165) is 18.5 Å². The second kappa shape index (κ2) is 6.08. The van der Waals surface area contributed by atoms with E-state index < -0.39 is 0 Å². The molecule has 0 saturated heterocycles. The van der Waals surface area contributed by atoms with Gasteiger partial charge >= 0.3 is 0 Å². The number of rotatable bonds is 6. The predicted octanol–water partition coefficient (Wildman–Crippen LogP) is 1.19. The predicted molar refractivity (Wildman–Crippen MR) is 72.9 cm³/mol. The van der Waals surface area contributed by atoms with Gasteiger partial charge < -0.3 is 10.1 Å². The highest BCUT2D eigenvalue weighted by atomic mass is 32.1. The molecule has 2 heterocycles. The van der Waals surface area contributed by atoms with Crippen molar-refractivity contribution in [3.63, 3.8) is 0 Å². The van der Waals surface area contributed by atoms with Gasteiger partial charge in [0.1, 0.15) is 10.5 Å². The number of nitrogens with one attached hydrogen (secondary N) is 1. The fraction of sp³-hybridized carbons (Fsp3) is 0.500. The molecule has 0 aromatic carbocycles. The molecule has 2 N–H and O–H groups in total. The van der Waals surface area contributed by atoms with E-state index in [1.54, 1.807) is 0 Å². The molecule has 0 spiro atoms. The van der Waals surface area contributed by atoms with Gasteiger partial charge in [0.05, 0.1) is 18.7 Å². The minimum atomic E-state index is -0.0783. The third-order valence-corrected chi connectivity index (χ3v) is 3.60. The zero-order valence-corrected chi connectivity index (χ0v) is 11.2. The first kappa shape index (κ1) is 13.2. The first-order valence-corrected chi connectivity index (χ1v) is 6.92. The summed E-state index contributed by atoms with van der Waals surface area (Å²) in [5, 5.41) is 10.9. The fourth-order valence-electron chi connectivity index (χ4n) is 1.94. The standard InChI is InChI=1S/C12H17N3O2S/c1-2-4-15(5-6-16)8-10-13-9-3-7-18-11(9)12(17)14-10/h3,7,16H,2,4-6,8H2,1H3,(H,13,14,17). The molecule has 5 nitrogen and oxygen atoms in total. The molecule has 0 saturated carbocycles. The SMILES string of the molecule is CCCN(CCO)Cc1nc2ccsc2c(=O)[nH]1. The number of H-pyrrole nitrogens is 1. The Morgan fingerprint density at radius 2 is 2.33 bits per heavy atom. The maximum absolute atomic E-state index is 11.8. The summed E-state index contributed by atoms with van der Waals surface area (Å²) in [6.07, 6.45) is 1.00. The van der Waals surface area contributed by atoms with E-state index in [4.69, 9.17) is 5.11 Å². The van der Waals surface area contributed by atoms with Crippen molar-refractivity contribution in [3.05, 3.63) is 27.6 Å². The lowest BCUT2D eigenvalue weighted by Gasteiger charge is -2.19. The summed E-state index contributed by atoms with van der Waals surface area (Å²) in [6.45, 7) is 4.24. The van der Waals surface area contributed by atoms with Crippen LogP contribution in [0.25, 0.3) is 10.2 Å². The van der Waals surface area contributed by atoms with Crippen LogP contribution >= 0.6 is 11.3 Å². The summed E-state index contributed by atoms with van der Waals surface area (Å²) in [7, 11) is 0. The van der Waals surface area contributed by atoms with E-state index >= 15 is 0 Å². The van der Waals surface area contributed by atoms with Gasteiger partial charge in [0.15, 0.2) is 0 Å².